The Hall–Kier alpha value is -2.83. The Balaban J connectivity index is 1.85. The van der Waals surface area contributed by atoms with E-state index in [-0.39, 0.29) is 18.0 Å². The van der Waals surface area contributed by atoms with E-state index in [1.165, 1.54) is 10.9 Å². The van der Waals surface area contributed by atoms with Gasteiger partial charge in [0.2, 0.25) is 5.91 Å². The second-order valence-electron chi connectivity index (χ2n) is 5.27. The zero-order chi connectivity index (χ0) is 15.9. The molecule has 1 aromatic carbocycles. The number of benzene rings is 1. The van der Waals surface area contributed by atoms with E-state index in [2.05, 4.69) is 9.97 Å². The molecule has 0 saturated carbocycles. The fourth-order valence-corrected chi connectivity index (χ4v) is 2.53. The van der Waals surface area contributed by atoms with Crippen LogP contribution in [0.15, 0.2) is 29.3 Å². The molecule has 0 aliphatic heterocycles. The van der Waals surface area contributed by atoms with Crippen molar-refractivity contribution in [2.75, 3.05) is 5.73 Å². The molecular formula is C15H17N5O2. The first-order valence-electron chi connectivity index (χ1n) is 7.00. The third-order valence-electron chi connectivity index (χ3n) is 3.91. The molecule has 7 heteroatoms. The van der Waals surface area contributed by atoms with Crippen molar-refractivity contribution < 1.29 is 4.79 Å². The molecule has 0 bridgehead atoms. The third kappa shape index (κ3) is 2.20. The number of hydrogen-bond acceptors (Lipinski definition) is 4. The molecule has 0 aliphatic carbocycles. The Bertz CT molecular complexity index is 916. The highest BCUT2D eigenvalue weighted by molar-refractivity contribution is 5.94. The van der Waals surface area contributed by atoms with Gasteiger partial charge in [0.1, 0.15) is 11.8 Å². The Morgan fingerprint density at radius 3 is 2.82 bits per heavy atom. The van der Waals surface area contributed by atoms with Gasteiger partial charge in [-0.05, 0) is 26.0 Å². The number of para-hydroxylation sites is 1. The zero-order valence-electron chi connectivity index (χ0n) is 12.5. The number of aromatic amines is 1. The predicted molar refractivity (Wildman–Crippen MR) is 83.9 cm³/mol. The number of fused-ring (bicyclic) bond motifs is 1. The summed E-state index contributed by atoms with van der Waals surface area (Å²) >= 11 is 0. The molecule has 0 saturated heterocycles. The number of H-pyrrole nitrogens is 1. The van der Waals surface area contributed by atoms with Gasteiger partial charge < -0.3 is 10.7 Å². The van der Waals surface area contributed by atoms with Gasteiger partial charge in [-0.1, -0.05) is 6.07 Å². The highest BCUT2D eigenvalue weighted by atomic mass is 16.2. The molecule has 0 spiro atoms. The minimum atomic E-state index is -0.192. The van der Waals surface area contributed by atoms with Gasteiger partial charge in [0, 0.05) is 24.4 Å². The molecule has 2 heterocycles. The van der Waals surface area contributed by atoms with Gasteiger partial charge in [-0.3, -0.25) is 13.9 Å². The average molecular weight is 299 g/mol. The summed E-state index contributed by atoms with van der Waals surface area (Å²) in [5.41, 5.74) is 9.14. The quantitative estimate of drug-likeness (QED) is 0.715. The molecule has 0 unspecified atom stereocenters. The molecule has 3 N–H and O–H groups in total. The van der Waals surface area contributed by atoms with Crippen LogP contribution in [0.4, 0.5) is 5.69 Å². The fraction of sp³-hybridized carbons (Fsp3) is 0.267. The Kier molecular flexibility index (Phi) is 3.32. The lowest BCUT2D eigenvalue weighted by atomic mass is 10.2. The van der Waals surface area contributed by atoms with Crippen LogP contribution in [0.3, 0.4) is 0 Å². The number of carbonyl (C=O) groups is 1. The van der Waals surface area contributed by atoms with Gasteiger partial charge in [-0.25, -0.2) is 9.78 Å². The smallest absolute Gasteiger partial charge is 0.325 e. The minimum absolute atomic E-state index is 0.127. The molecule has 114 valence electrons. The first-order valence-corrected chi connectivity index (χ1v) is 7.00. The maximum Gasteiger partial charge on any atom is 0.325 e. The van der Waals surface area contributed by atoms with Crippen molar-refractivity contribution in [1.82, 2.24) is 19.1 Å². The van der Waals surface area contributed by atoms with E-state index in [4.69, 9.17) is 5.73 Å². The normalized spacial score (nSPS) is 11.2. The van der Waals surface area contributed by atoms with Crippen molar-refractivity contribution in [1.29, 1.82) is 0 Å². The third-order valence-corrected chi connectivity index (χ3v) is 3.91. The van der Waals surface area contributed by atoms with Crippen LogP contribution in [-0.4, -0.2) is 25.0 Å². The van der Waals surface area contributed by atoms with E-state index in [1.807, 2.05) is 13.8 Å². The van der Waals surface area contributed by atoms with E-state index in [1.54, 1.807) is 22.8 Å². The van der Waals surface area contributed by atoms with Gasteiger partial charge in [-0.15, -0.1) is 0 Å². The van der Waals surface area contributed by atoms with E-state index in [0.29, 0.717) is 23.3 Å². The number of hydrogen-bond donors (Lipinski definition) is 2. The maximum absolute atomic E-state index is 12.4. The van der Waals surface area contributed by atoms with Gasteiger partial charge in [0.05, 0.1) is 11.2 Å². The monoisotopic (exact) mass is 299 g/mol. The molecule has 0 fully saturated rings. The molecule has 0 radical (unpaired) electrons. The highest BCUT2D eigenvalue weighted by Gasteiger charge is 2.13. The lowest BCUT2D eigenvalue weighted by molar-refractivity contribution is 0.0901. The van der Waals surface area contributed by atoms with Gasteiger partial charge in [0.15, 0.2) is 0 Å². The van der Waals surface area contributed by atoms with Crippen LogP contribution in [-0.2, 0) is 6.54 Å². The van der Waals surface area contributed by atoms with Crippen molar-refractivity contribution in [3.05, 3.63) is 46.4 Å². The lowest BCUT2D eigenvalue weighted by Crippen LogP contribution is -2.21. The van der Waals surface area contributed by atoms with Crippen molar-refractivity contribution in [3.8, 4) is 0 Å². The van der Waals surface area contributed by atoms with Crippen molar-refractivity contribution in [2.24, 2.45) is 0 Å². The van der Waals surface area contributed by atoms with E-state index < -0.39 is 0 Å². The number of nitrogens with zero attached hydrogens (tertiary/aromatic N) is 3. The summed E-state index contributed by atoms with van der Waals surface area (Å²) in [5, 5.41) is 0. The first kappa shape index (κ1) is 14.1. The van der Waals surface area contributed by atoms with Crippen molar-refractivity contribution >= 4 is 22.6 Å². The van der Waals surface area contributed by atoms with Crippen LogP contribution >= 0.6 is 0 Å². The summed E-state index contributed by atoms with van der Waals surface area (Å²) in [6.07, 6.45) is 1.68. The van der Waals surface area contributed by atoms with E-state index >= 15 is 0 Å². The van der Waals surface area contributed by atoms with Gasteiger partial charge >= 0.3 is 5.69 Å². The van der Waals surface area contributed by atoms with Crippen LogP contribution in [0.25, 0.3) is 11.0 Å². The number of nitrogens with one attached hydrogen (secondary N) is 1. The standard InChI is InChI=1S/C15H17N5O2/c1-9-10(2)19(15(22)18-9)7-6-13(21)20-8-17-14-11(16)4-3-5-12(14)20/h3-5,8H,6-7,16H2,1-2H3,(H,18,22). The van der Waals surface area contributed by atoms with Crippen molar-refractivity contribution in [2.45, 2.75) is 26.8 Å². The SMILES string of the molecule is Cc1[nH]c(=O)n(CCC(=O)n2cnc3c(N)cccc32)c1C. The summed E-state index contributed by atoms with van der Waals surface area (Å²) in [5.74, 6) is -0.127. The Morgan fingerprint density at radius 2 is 2.14 bits per heavy atom. The number of aromatic nitrogens is 4. The molecule has 0 atom stereocenters. The number of nitrogens with two attached hydrogens (primary N) is 1. The molecule has 22 heavy (non-hydrogen) atoms. The molecule has 0 amide bonds. The summed E-state index contributed by atoms with van der Waals surface area (Å²) in [6, 6.07) is 5.33. The number of imidazole rings is 2. The molecule has 3 rings (SSSR count). The van der Waals surface area contributed by atoms with Crippen LogP contribution < -0.4 is 11.4 Å². The Labute approximate surface area is 126 Å². The fourth-order valence-electron chi connectivity index (χ4n) is 2.53. The first-order chi connectivity index (χ1) is 10.5. The predicted octanol–water partition coefficient (Wildman–Crippen LogP) is 1.46. The van der Waals surface area contributed by atoms with Crippen LogP contribution in [0.5, 0.6) is 0 Å². The highest BCUT2D eigenvalue weighted by Crippen LogP contribution is 2.19. The Morgan fingerprint density at radius 1 is 1.36 bits per heavy atom. The summed E-state index contributed by atoms with van der Waals surface area (Å²) in [7, 11) is 0. The number of aryl methyl sites for hydroxylation is 1. The zero-order valence-corrected chi connectivity index (χ0v) is 12.5. The minimum Gasteiger partial charge on any atom is -0.397 e. The summed E-state index contributed by atoms with van der Waals surface area (Å²) < 4.78 is 3.05. The molecular weight excluding hydrogens is 282 g/mol. The second kappa shape index (κ2) is 5.18. The number of rotatable bonds is 3. The summed E-state index contributed by atoms with van der Waals surface area (Å²) in [6.45, 7) is 4.02. The van der Waals surface area contributed by atoms with Gasteiger partial charge in [0.25, 0.3) is 0 Å². The molecule has 0 aliphatic rings. The van der Waals surface area contributed by atoms with E-state index in [9.17, 15) is 9.59 Å². The number of carbonyl (C=O) groups excluding carboxylic acids is 1. The van der Waals surface area contributed by atoms with Crippen LogP contribution in [0, 0.1) is 13.8 Å². The topological polar surface area (TPSA) is 98.7 Å². The molecule has 3 aromatic rings. The maximum atomic E-state index is 12.4. The summed E-state index contributed by atoms with van der Waals surface area (Å²) in [4.78, 5) is 31.1. The molecule has 7 nitrogen and oxygen atoms in total. The van der Waals surface area contributed by atoms with Crippen LogP contribution in [0.1, 0.15) is 22.6 Å². The lowest BCUT2D eigenvalue weighted by Gasteiger charge is -2.06. The second-order valence-corrected chi connectivity index (χ2v) is 5.27. The largest absolute Gasteiger partial charge is 0.397 e. The van der Waals surface area contributed by atoms with E-state index in [0.717, 1.165) is 11.4 Å². The number of nitrogen functional groups attached to an aromatic ring is 1. The van der Waals surface area contributed by atoms with Crippen molar-refractivity contribution in [3.63, 3.8) is 0 Å². The molecule has 2 aromatic heterocycles. The average Bonchev–Trinajstić information content (AvgIpc) is 3.01. The number of anilines is 1. The van der Waals surface area contributed by atoms with Crippen LogP contribution in [0.2, 0.25) is 0 Å². The van der Waals surface area contributed by atoms with Gasteiger partial charge in [-0.2, -0.15) is 0 Å².